The summed E-state index contributed by atoms with van der Waals surface area (Å²) in [6.45, 7) is 12.6. The summed E-state index contributed by atoms with van der Waals surface area (Å²) >= 11 is 0. The first-order valence-electron chi connectivity index (χ1n) is 9.59. The van der Waals surface area contributed by atoms with Gasteiger partial charge in [0.05, 0.1) is 0 Å². The maximum Gasteiger partial charge on any atom is 0.178 e. The number of rotatable bonds is 2. The first-order chi connectivity index (χ1) is 13.1. The van der Waals surface area contributed by atoms with Gasteiger partial charge in [0.1, 0.15) is 6.17 Å². The largest absolute Gasteiger partial charge is 0.302 e. The van der Waals surface area contributed by atoms with Crippen molar-refractivity contribution in [1.29, 1.82) is 0 Å². The summed E-state index contributed by atoms with van der Waals surface area (Å²) in [5.74, 6) is 1.81. The smallest absolute Gasteiger partial charge is 0.178 e. The van der Waals surface area contributed by atoms with E-state index in [9.17, 15) is 0 Å². The Kier molecular flexibility index (Phi) is 5.45. The van der Waals surface area contributed by atoms with Gasteiger partial charge in [-0.05, 0) is 62.6 Å². The molecule has 0 fully saturated rings. The number of nitrogens with zero attached hydrogens (tertiary/aromatic N) is 4. The average molecular weight is 361 g/mol. The second-order valence-corrected chi connectivity index (χ2v) is 6.71. The number of benzene rings is 2. The lowest BCUT2D eigenvalue weighted by molar-refractivity contribution is 0.752. The zero-order valence-electron chi connectivity index (χ0n) is 17.1. The highest BCUT2D eigenvalue weighted by molar-refractivity contribution is 5.84. The lowest BCUT2D eigenvalue weighted by Crippen LogP contribution is -2.36. The van der Waals surface area contributed by atoms with Gasteiger partial charge in [-0.3, -0.25) is 0 Å². The van der Waals surface area contributed by atoms with Crippen LogP contribution in [-0.2, 0) is 0 Å². The number of aromatic nitrogens is 2. The molecule has 0 aliphatic carbocycles. The van der Waals surface area contributed by atoms with Gasteiger partial charge in [0.15, 0.2) is 11.6 Å². The van der Waals surface area contributed by atoms with Crippen LogP contribution in [0.4, 0.5) is 23.0 Å². The van der Waals surface area contributed by atoms with Crippen LogP contribution in [0.25, 0.3) is 0 Å². The third-order valence-electron chi connectivity index (χ3n) is 4.72. The van der Waals surface area contributed by atoms with Gasteiger partial charge in [0.25, 0.3) is 0 Å². The Labute approximate surface area is 162 Å². The number of hydrogen-bond donors (Lipinski definition) is 0. The molecule has 0 saturated heterocycles. The number of anilines is 4. The summed E-state index contributed by atoms with van der Waals surface area (Å²) in [5.41, 5.74) is 6.06. The Bertz CT molecular complexity index is 915. The van der Waals surface area contributed by atoms with E-state index in [1.807, 2.05) is 13.8 Å². The predicted molar refractivity (Wildman–Crippen MR) is 114 cm³/mol. The summed E-state index contributed by atoms with van der Waals surface area (Å²) in [6.07, 6.45) is 3.63. The topological polar surface area (TPSA) is 32.3 Å². The molecule has 140 valence electrons. The van der Waals surface area contributed by atoms with Crippen molar-refractivity contribution in [2.45, 2.75) is 47.7 Å². The molecule has 2 aromatic carbocycles. The lowest BCUT2D eigenvalue weighted by atomic mass is 10.1. The quantitative estimate of drug-likeness (QED) is 0.556. The second kappa shape index (κ2) is 7.78. The Morgan fingerprint density at radius 3 is 1.93 bits per heavy atom. The number of para-hydroxylation sites is 1. The molecule has 27 heavy (non-hydrogen) atoms. The fourth-order valence-corrected chi connectivity index (χ4v) is 3.71. The van der Waals surface area contributed by atoms with Crippen molar-refractivity contribution in [3.05, 3.63) is 71.5 Å². The first kappa shape index (κ1) is 18.9. The third kappa shape index (κ3) is 3.39. The lowest BCUT2D eigenvalue weighted by Gasteiger charge is -2.30. The van der Waals surface area contributed by atoms with E-state index >= 15 is 0 Å². The van der Waals surface area contributed by atoms with Gasteiger partial charge in [-0.1, -0.05) is 38.1 Å². The Hall–Kier alpha value is -2.88. The Morgan fingerprint density at radius 1 is 0.778 bits per heavy atom. The van der Waals surface area contributed by atoms with E-state index < -0.39 is 0 Å². The van der Waals surface area contributed by atoms with Gasteiger partial charge in [-0.25, -0.2) is 9.97 Å². The maximum absolute atomic E-state index is 4.65. The molecular weight excluding hydrogens is 332 g/mol. The fourth-order valence-electron chi connectivity index (χ4n) is 3.71. The van der Waals surface area contributed by atoms with E-state index in [4.69, 9.17) is 0 Å². The van der Waals surface area contributed by atoms with Crippen molar-refractivity contribution in [1.82, 2.24) is 9.97 Å². The van der Waals surface area contributed by atoms with Gasteiger partial charge < -0.3 is 9.80 Å². The third-order valence-corrected chi connectivity index (χ3v) is 4.72. The average Bonchev–Trinajstić information content (AvgIpc) is 2.95. The van der Waals surface area contributed by atoms with Crippen LogP contribution in [0.2, 0.25) is 0 Å². The molecule has 1 aliphatic rings. The number of aryl methyl sites for hydroxylation is 3. The second-order valence-electron chi connectivity index (χ2n) is 6.71. The van der Waals surface area contributed by atoms with Crippen LogP contribution in [0.3, 0.4) is 0 Å². The molecule has 4 nitrogen and oxygen atoms in total. The molecule has 4 rings (SSSR count). The molecule has 2 heterocycles. The highest BCUT2D eigenvalue weighted by atomic mass is 15.5. The molecule has 3 aromatic rings. The van der Waals surface area contributed by atoms with Gasteiger partial charge in [-0.15, -0.1) is 0 Å². The Balaban J connectivity index is 0.00000102. The van der Waals surface area contributed by atoms with Crippen LogP contribution in [0, 0.1) is 20.8 Å². The highest BCUT2D eigenvalue weighted by Gasteiger charge is 2.37. The summed E-state index contributed by atoms with van der Waals surface area (Å²) < 4.78 is 0. The molecule has 0 saturated carbocycles. The van der Waals surface area contributed by atoms with Crippen molar-refractivity contribution >= 4 is 23.0 Å². The summed E-state index contributed by atoms with van der Waals surface area (Å²) in [4.78, 5) is 13.9. The SMILES string of the molecule is CC.Cc1cc(C)cc(N2c3nccnc3N(c3ccccc3C)C2C)c1. The van der Waals surface area contributed by atoms with E-state index in [1.165, 1.54) is 22.4 Å². The molecule has 1 unspecified atom stereocenters. The zero-order chi connectivity index (χ0) is 19.6. The molecule has 0 radical (unpaired) electrons. The van der Waals surface area contributed by atoms with E-state index in [0.717, 1.165) is 17.3 Å². The van der Waals surface area contributed by atoms with Crippen LogP contribution >= 0.6 is 0 Å². The van der Waals surface area contributed by atoms with E-state index in [2.05, 4.69) is 89.9 Å². The molecule has 0 bridgehead atoms. The highest BCUT2D eigenvalue weighted by Crippen LogP contribution is 2.45. The summed E-state index contributed by atoms with van der Waals surface area (Å²) in [7, 11) is 0. The van der Waals surface area contributed by atoms with Crippen molar-refractivity contribution in [2.75, 3.05) is 9.80 Å². The zero-order valence-corrected chi connectivity index (χ0v) is 17.1. The molecule has 1 aliphatic heterocycles. The van der Waals surface area contributed by atoms with E-state index in [-0.39, 0.29) is 6.17 Å². The van der Waals surface area contributed by atoms with Crippen molar-refractivity contribution in [3.63, 3.8) is 0 Å². The molecule has 0 spiro atoms. The summed E-state index contributed by atoms with van der Waals surface area (Å²) in [6, 6.07) is 15.0. The van der Waals surface area contributed by atoms with Gasteiger partial charge in [-0.2, -0.15) is 0 Å². The predicted octanol–water partition coefficient (Wildman–Crippen LogP) is 6.06. The van der Waals surface area contributed by atoms with Crippen LogP contribution in [0.5, 0.6) is 0 Å². The van der Waals surface area contributed by atoms with Crippen molar-refractivity contribution in [2.24, 2.45) is 0 Å². The standard InChI is InChI=1S/C21H22N4.C2H6/c1-14-11-15(2)13-18(12-14)24-17(4)25(19-8-6-5-7-16(19)3)21-20(24)22-9-10-23-21;1-2/h5-13,17H,1-4H3;1-2H3. The molecule has 1 atom stereocenters. The molecule has 0 N–H and O–H groups in total. The van der Waals surface area contributed by atoms with Crippen molar-refractivity contribution < 1.29 is 0 Å². The minimum atomic E-state index is 0.0969. The minimum Gasteiger partial charge on any atom is -0.302 e. The van der Waals surface area contributed by atoms with Crippen LogP contribution < -0.4 is 9.80 Å². The fraction of sp³-hybridized carbons (Fsp3) is 0.304. The van der Waals surface area contributed by atoms with Gasteiger partial charge in [0.2, 0.25) is 0 Å². The van der Waals surface area contributed by atoms with Crippen LogP contribution in [-0.4, -0.2) is 16.1 Å². The minimum absolute atomic E-state index is 0.0969. The molecule has 4 heteroatoms. The van der Waals surface area contributed by atoms with Gasteiger partial charge in [0, 0.05) is 23.8 Å². The van der Waals surface area contributed by atoms with Crippen molar-refractivity contribution in [3.8, 4) is 0 Å². The molecule has 0 amide bonds. The van der Waals surface area contributed by atoms with E-state index in [1.54, 1.807) is 12.4 Å². The van der Waals surface area contributed by atoms with Gasteiger partial charge >= 0.3 is 0 Å². The molecular formula is C23H28N4. The monoisotopic (exact) mass is 360 g/mol. The van der Waals surface area contributed by atoms with Crippen LogP contribution in [0.15, 0.2) is 54.9 Å². The summed E-state index contributed by atoms with van der Waals surface area (Å²) in [5, 5.41) is 0. The Morgan fingerprint density at radius 2 is 1.33 bits per heavy atom. The van der Waals surface area contributed by atoms with E-state index in [0.29, 0.717) is 0 Å². The number of fused-ring (bicyclic) bond motifs is 1. The first-order valence-corrected chi connectivity index (χ1v) is 9.59. The normalized spacial score (nSPS) is 15.3. The molecule has 1 aromatic heterocycles. The maximum atomic E-state index is 4.65. The number of hydrogen-bond acceptors (Lipinski definition) is 4. The van der Waals surface area contributed by atoms with Crippen LogP contribution in [0.1, 0.15) is 37.5 Å².